The number of hydrogen-bond donors (Lipinski definition) is 0. The second-order valence-electron chi connectivity index (χ2n) is 8.90. The predicted molar refractivity (Wildman–Crippen MR) is 115 cm³/mol. The maximum atomic E-state index is 9.21. The number of benzene rings is 1. The fourth-order valence-electron chi connectivity index (χ4n) is 4.66. The van der Waals surface area contributed by atoms with Gasteiger partial charge >= 0.3 is 0 Å². The molecular formula is C25H27N3O. The minimum absolute atomic E-state index is 0.180. The Morgan fingerprint density at radius 1 is 1.17 bits per heavy atom. The summed E-state index contributed by atoms with van der Waals surface area (Å²) >= 11 is 0. The molecule has 0 fully saturated rings. The van der Waals surface area contributed by atoms with Gasteiger partial charge in [-0.25, -0.2) is 0 Å². The number of anilines is 1. The lowest BCUT2D eigenvalue weighted by Gasteiger charge is -2.44. The summed E-state index contributed by atoms with van der Waals surface area (Å²) in [6.07, 6.45) is 11.3. The van der Waals surface area contributed by atoms with E-state index in [1.165, 1.54) is 35.2 Å². The highest BCUT2D eigenvalue weighted by atomic mass is 16.5. The SMILES string of the molecule is CC1=CC(C(C#N)C#N)C=C(/C=C/c2cc3c4c(c2)C(C)(C)CCN4CCC3)O1. The summed E-state index contributed by atoms with van der Waals surface area (Å²) in [6, 6.07) is 8.77. The molecule has 4 rings (SSSR count). The number of aryl methyl sites for hydroxylation is 1. The minimum atomic E-state index is -0.697. The highest BCUT2D eigenvalue weighted by Gasteiger charge is 2.34. The predicted octanol–water partition coefficient (Wildman–Crippen LogP) is 5.23. The van der Waals surface area contributed by atoms with Gasteiger partial charge in [0.15, 0.2) is 0 Å². The molecule has 4 heteroatoms. The Hall–Kier alpha value is -2.98. The molecule has 0 amide bonds. The van der Waals surface area contributed by atoms with Gasteiger partial charge in [-0.1, -0.05) is 19.9 Å². The van der Waals surface area contributed by atoms with Gasteiger partial charge < -0.3 is 9.64 Å². The van der Waals surface area contributed by atoms with E-state index < -0.39 is 5.92 Å². The van der Waals surface area contributed by atoms with Gasteiger partial charge in [-0.15, -0.1) is 0 Å². The smallest absolute Gasteiger partial charge is 0.143 e. The first-order chi connectivity index (χ1) is 13.9. The van der Waals surface area contributed by atoms with Crippen LogP contribution in [0.1, 0.15) is 50.3 Å². The normalized spacial score (nSPS) is 22.3. The average molecular weight is 386 g/mol. The summed E-state index contributed by atoms with van der Waals surface area (Å²) in [6.45, 7) is 8.86. The highest BCUT2D eigenvalue weighted by Crippen LogP contribution is 2.44. The molecule has 0 N–H and O–H groups in total. The summed E-state index contributed by atoms with van der Waals surface area (Å²) in [5, 5.41) is 18.4. The van der Waals surface area contributed by atoms with Crippen LogP contribution < -0.4 is 4.90 Å². The molecule has 0 spiro atoms. The van der Waals surface area contributed by atoms with E-state index in [0.29, 0.717) is 5.76 Å². The Balaban J connectivity index is 1.66. The molecule has 0 saturated heterocycles. The Bertz CT molecular complexity index is 986. The lowest BCUT2D eigenvalue weighted by molar-refractivity contribution is 0.302. The van der Waals surface area contributed by atoms with E-state index in [2.05, 4.69) is 49.1 Å². The van der Waals surface area contributed by atoms with Crippen LogP contribution in [0.15, 0.2) is 41.9 Å². The summed E-state index contributed by atoms with van der Waals surface area (Å²) in [7, 11) is 0. The van der Waals surface area contributed by atoms with Gasteiger partial charge in [0.25, 0.3) is 0 Å². The molecule has 0 bridgehead atoms. The first kappa shape index (κ1) is 19.3. The zero-order chi connectivity index (χ0) is 20.6. The van der Waals surface area contributed by atoms with Gasteiger partial charge in [0.1, 0.15) is 11.7 Å². The van der Waals surface area contributed by atoms with Gasteiger partial charge in [-0.05, 0) is 78.7 Å². The number of hydrogen-bond acceptors (Lipinski definition) is 4. The van der Waals surface area contributed by atoms with Crippen LogP contribution >= 0.6 is 0 Å². The van der Waals surface area contributed by atoms with Crippen LogP contribution in [0.5, 0.6) is 0 Å². The molecular weight excluding hydrogens is 358 g/mol. The maximum absolute atomic E-state index is 9.21. The molecule has 0 aliphatic carbocycles. The summed E-state index contributed by atoms with van der Waals surface area (Å²) < 4.78 is 5.82. The van der Waals surface area contributed by atoms with Crippen molar-refractivity contribution in [3.8, 4) is 12.1 Å². The van der Waals surface area contributed by atoms with Crippen LogP contribution in [0.25, 0.3) is 6.08 Å². The van der Waals surface area contributed by atoms with Gasteiger partial charge in [0, 0.05) is 24.7 Å². The molecule has 4 nitrogen and oxygen atoms in total. The fraction of sp³-hybridized carbons (Fsp3) is 0.440. The van der Waals surface area contributed by atoms with Crippen LogP contribution in [0.2, 0.25) is 0 Å². The van der Waals surface area contributed by atoms with Crippen LogP contribution in [0.4, 0.5) is 5.69 Å². The van der Waals surface area contributed by atoms with Gasteiger partial charge in [0.05, 0.1) is 17.9 Å². The third kappa shape index (κ3) is 3.68. The van der Waals surface area contributed by atoms with E-state index in [0.717, 1.165) is 25.3 Å². The van der Waals surface area contributed by atoms with E-state index >= 15 is 0 Å². The van der Waals surface area contributed by atoms with Gasteiger partial charge in [-0.2, -0.15) is 10.5 Å². The molecule has 3 heterocycles. The lowest BCUT2D eigenvalue weighted by atomic mass is 9.74. The summed E-state index contributed by atoms with van der Waals surface area (Å²) in [5.41, 5.74) is 5.72. The second kappa shape index (κ2) is 7.45. The molecule has 148 valence electrons. The summed E-state index contributed by atoms with van der Waals surface area (Å²) in [4.78, 5) is 2.56. The van der Waals surface area contributed by atoms with Gasteiger partial charge in [-0.3, -0.25) is 0 Å². The standard InChI is InChI=1S/C25H27N3O/c1-17-11-20(21(15-26)16-27)14-22(29-17)7-6-18-12-19-5-4-9-28-10-8-25(2,3)23(13-18)24(19)28/h6-7,11-14,20-21H,4-5,8-10H2,1-3H3/b7-6+. The van der Waals surface area contributed by atoms with Crippen molar-refractivity contribution in [1.82, 2.24) is 0 Å². The first-order valence-electron chi connectivity index (χ1n) is 10.4. The molecule has 1 atom stereocenters. The third-order valence-corrected chi connectivity index (χ3v) is 6.30. The van der Waals surface area contributed by atoms with Crippen LogP contribution in [-0.4, -0.2) is 13.1 Å². The molecule has 1 aromatic rings. The number of nitrogens with zero attached hydrogens (tertiary/aromatic N) is 3. The average Bonchev–Trinajstić information content (AvgIpc) is 2.70. The van der Waals surface area contributed by atoms with Gasteiger partial charge in [0.2, 0.25) is 0 Å². The number of allylic oxidation sites excluding steroid dienone is 4. The van der Waals surface area contributed by atoms with Crippen LogP contribution in [0.3, 0.4) is 0 Å². The molecule has 0 radical (unpaired) electrons. The molecule has 1 aromatic carbocycles. The van der Waals surface area contributed by atoms with E-state index in [1.807, 2.05) is 25.2 Å². The van der Waals surface area contributed by atoms with Crippen molar-refractivity contribution in [3.63, 3.8) is 0 Å². The number of nitriles is 2. The van der Waals surface area contributed by atoms with E-state index in [9.17, 15) is 10.5 Å². The molecule has 0 aromatic heterocycles. The van der Waals surface area contributed by atoms with E-state index in [-0.39, 0.29) is 11.3 Å². The van der Waals surface area contributed by atoms with Crippen molar-refractivity contribution >= 4 is 11.8 Å². The van der Waals surface area contributed by atoms with Crippen molar-refractivity contribution < 1.29 is 4.74 Å². The topological polar surface area (TPSA) is 60.0 Å². The largest absolute Gasteiger partial charge is 0.463 e. The van der Waals surface area contributed by atoms with E-state index in [1.54, 1.807) is 0 Å². The zero-order valence-electron chi connectivity index (χ0n) is 17.4. The monoisotopic (exact) mass is 385 g/mol. The molecule has 0 saturated carbocycles. The van der Waals surface area contributed by atoms with Crippen molar-refractivity contribution in [3.05, 3.63) is 58.6 Å². The van der Waals surface area contributed by atoms with Crippen LogP contribution in [0, 0.1) is 34.5 Å². The van der Waals surface area contributed by atoms with Crippen molar-refractivity contribution in [2.75, 3.05) is 18.0 Å². The Morgan fingerprint density at radius 3 is 2.72 bits per heavy atom. The first-order valence-corrected chi connectivity index (χ1v) is 10.4. The molecule has 1 unspecified atom stereocenters. The van der Waals surface area contributed by atoms with Crippen molar-refractivity contribution in [2.24, 2.45) is 11.8 Å². The molecule has 29 heavy (non-hydrogen) atoms. The quantitative estimate of drug-likeness (QED) is 0.715. The number of ether oxygens (including phenoxy) is 1. The molecule has 3 aliphatic heterocycles. The minimum Gasteiger partial charge on any atom is -0.463 e. The Kier molecular flexibility index (Phi) is 4.97. The maximum Gasteiger partial charge on any atom is 0.143 e. The number of rotatable bonds is 3. The lowest BCUT2D eigenvalue weighted by Crippen LogP contribution is -2.40. The van der Waals surface area contributed by atoms with Crippen LogP contribution in [-0.2, 0) is 16.6 Å². The highest BCUT2D eigenvalue weighted by molar-refractivity contribution is 5.70. The Labute approximate surface area is 173 Å². The van der Waals surface area contributed by atoms with E-state index in [4.69, 9.17) is 4.74 Å². The zero-order valence-corrected chi connectivity index (χ0v) is 17.4. The fourth-order valence-corrected chi connectivity index (χ4v) is 4.66. The van der Waals surface area contributed by atoms with Crippen molar-refractivity contribution in [2.45, 2.75) is 45.4 Å². The second-order valence-corrected chi connectivity index (χ2v) is 8.90. The Morgan fingerprint density at radius 2 is 1.97 bits per heavy atom. The summed E-state index contributed by atoms with van der Waals surface area (Å²) in [5.74, 6) is 0.482. The van der Waals surface area contributed by atoms with Crippen molar-refractivity contribution in [1.29, 1.82) is 10.5 Å². The molecule has 3 aliphatic rings. The third-order valence-electron chi connectivity index (χ3n) is 6.30.